The van der Waals surface area contributed by atoms with E-state index in [1.54, 1.807) is 12.1 Å². The molecule has 2 aromatic carbocycles. The first kappa shape index (κ1) is 19.4. The summed E-state index contributed by atoms with van der Waals surface area (Å²) in [6.07, 6.45) is 1.58. The number of aromatic carboxylic acids is 1. The van der Waals surface area contributed by atoms with Gasteiger partial charge in [0, 0.05) is 4.47 Å². The molecule has 0 aliphatic carbocycles. The van der Waals surface area contributed by atoms with Gasteiger partial charge in [0.15, 0.2) is 0 Å². The number of hydrogen-bond donors (Lipinski definition) is 1. The monoisotopic (exact) mass is 384 g/mol. The third-order valence-corrected chi connectivity index (χ3v) is 3.92. The van der Waals surface area contributed by atoms with Crippen molar-refractivity contribution in [2.45, 2.75) is 26.7 Å². The number of rotatable bonds is 3. The molecule has 4 nitrogen and oxygen atoms in total. The number of aryl methyl sites for hydroxylation is 2. The molecule has 0 aliphatic rings. The predicted molar refractivity (Wildman–Crippen MR) is 95.7 cm³/mol. The Morgan fingerprint density at radius 3 is 1.96 bits per heavy atom. The third-order valence-electron chi connectivity index (χ3n) is 3.42. The molecule has 5 heteroatoms. The van der Waals surface area contributed by atoms with Crippen LogP contribution in [0.5, 0.6) is 0 Å². The van der Waals surface area contributed by atoms with Crippen molar-refractivity contribution in [3.63, 3.8) is 0 Å². The smallest absolute Gasteiger partial charge is 0.335 e. The average Bonchev–Trinajstić information content (AvgIpc) is 2.61. The van der Waals surface area contributed by atoms with E-state index >= 15 is 0 Å². The highest BCUT2D eigenvalue weighted by Gasteiger charge is 2.06. The van der Waals surface area contributed by atoms with Crippen LogP contribution in [-0.2, 0) is 12.8 Å². The minimum absolute atomic E-state index is 0.232. The standard InChI is InChI=1S/C10H9NO2.C9H8BrN/c1-2-7-5-8(10(12)13)3-4-9(7)6-11;1-2-7-5-9(10)4-3-8(7)6-11/h3-5H,2H2,1H3,(H,12,13);3-5H,2H2,1H3. The molecule has 0 spiro atoms. The molecule has 0 atom stereocenters. The van der Waals surface area contributed by atoms with Gasteiger partial charge >= 0.3 is 5.97 Å². The van der Waals surface area contributed by atoms with Crippen LogP contribution in [0, 0.1) is 22.7 Å². The number of nitriles is 2. The number of hydrogen-bond acceptors (Lipinski definition) is 3. The summed E-state index contributed by atoms with van der Waals surface area (Å²) in [6.45, 7) is 3.93. The van der Waals surface area contributed by atoms with Gasteiger partial charge in [0.25, 0.3) is 0 Å². The third kappa shape index (κ3) is 5.22. The summed E-state index contributed by atoms with van der Waals surface area (Å²) in [6, 6.07) is 14.4. The number of carboxylic acid groups (broad SMARTS) is 1. The molecule has 0 saturated heterocycles. The van der Waals surface area contributed by atoms with E-state index in [0.717, 1.165) is 27.6 Å². The zero-order valence-electron chi connectivity index (χ0n) is 13.5. The van der Waals surface area contributed by atoms with Gasteiger partial charge in [0.1, 0.15) is 0 Å². The van der Waals surface area contributed by atoms with E-state index in [1.165, 1.54) is 6.07 Å². The van der Waals surface area contributed by atoms with E-state index in [9.17, 15) is 4.79 Å². The number of benzene rings is 2. The van der Waals surface area contributed by atoms with Crippen molar-refractivity contribution in [3.05, 3.63) is 68.7 Å². The molecule has 2 aromatic rings. The number of halogens is 1. The molecule has 2 rings (SSSR count). The van der Waals surface area contributed by atoms with Gasteiger partial charge in [0.2, 0.25) is 0 Å². The summed E-state index contributed by atoms with van der Waals surface area (Å²) in [5, 5.41) is 26.0. The topological polar surface area (TPSA) is 84.9 Å². The first-order chi connectivity index (χ1) is 11.5. The highest BCUT2D eigenvalue weighted by Crippen LogP contribution is 2.16. The summed E-state index contributed by atoms with van der Waals surface area (Å²) in [4.78, 5) is 10.6. The van der Waals surface area contributed by atoms with Crippen molar-refractivity contribution in [1.29, 1.82) is 10.5 Å². The Bertz CT molecular complexity index is 817. The van der Waals surface area contributed by atoms with Crippen molar-refractivity contribution in [2.75, 3.05) is 0 Å². The second-order valence-electron chi connectivity index (χ2n) is 4.91. The molecular formula is C19H17BrN2O2. The molecule has 1 N–H and O–H groups in total. The lowest BCUT2D eigenvalue weighted by atomic mass is 10.0. The van der Waals surface area contributed by atoms with Crippen LogP contribution in [0.4, 0.5) is 0 Å². The van der Waals surface area contributed by atoms with E-state index in [-0.39, 0.29) is 5.56 Å². The molecule has 0 fully saturated rings. The van der Waals surface area contributed by atoms with Gasteiger partial charge in [-0.3, -0.25) is 0 Å². The van der Waals surface area contributed by atoms with Gasteiger partial charge in [-0.25, -0.2) is 4.79 Å². The van der Waals surface area contributed by atoms with Crippen LogP contribution in [0.15, 0.2) is 40.9 Å². The second-order valence-corrected chi connectivity index (χ2v) is 5.82. The predicted octanol–water partition coefficient (Wildman–Crippen LogP) is 4.70. The minimum atomic E-state index is -0.959. The van der Waals surface area contributed by atoms with Crippen molar-refractivity contribution in [2.24, 2.45) is 0 Å². The van der Waals surface area contributed by atoms with Gasteiger partial charge in [-0.15, -0.1) is 0 Å². The Morgan fingerprint density at radius 1 is 1.00 bits per heavy atom. The first-order valence-electron chi connectivity index (χ1n) is 7.41. The lowest BCUT2D eigenvalue weighted by Crippen LogP contribution is -1.98. The Balaban J connectivity index is 0.000000243. The van der Waals surface area contributed by atoms with E-state index < -0.39 is 5.97 Å². The summed E-state index contributed by atoms with van der Waals surface area (Å²) in [5.41, 5.74) is 3.43. The van der Waals surface area contributed by atoms with Crippen molar-refractivity contribution >= 4 is 21.9 Å². The fraction of sp³-hybridized carbons (Fsp3) is 0.211. The minimum Gasteiger partial charge on any atom is -0.478 e. The molecule has 0 bridgehead atoms. The van der Waals surface area contributed by atoms with Crippen LogP contribution in [0.25, 0.3) is 0 Å². The molecule has 0 saturated carbocycles. The van der Waals surface area contributed by atoms with Crippen LogP contribution >= 0.6 is 15.9 Å². The van der Waals surface area contributed by atoms with Crippen molar-refractivity contribution in [1.82, 2.24) is 0 Å². The van der Waals surface area contributed by atoms with Crippen LogP contribution in [0.2, 0.25) is 0 Å². The zero-order valence-corrected chi connectivity index (χ0v) is 15.1. The SMILES string of the molecule is CCc1cc(Br)ccc1C#N.CCc1cc(C(=O)O)ccc1C#N. The van der Waals surface area contributed by atoms with Gasteiger partial charge in [-0.1, -0.05) is 29.8 Å². The van der Waals surface area contributed by atoms with Crippen LogP contribution in [-0.4, -0.2) is 11.1 Å². The van der Waals surface area contributed by atoms with E-state index in [0.29, 0.717) is 12.0 Å². The van der Waals surface area contributed by atoms with Crippen molar-refractivity contribution in [3.8, 4) is 12.1 Å². The first-order valence-corrected chi connectivity index (χ1v) is 8.20. The molecule has 122 valence electrons. The fourth-order valence-electron chi connectivity index (χ4n) is 2.09. The summed E-state index contributed by atoms with van der Waals surface area (Å²) in [7, 11) is 0. The summed E-state index contributed by atoms with van der Waals surface area (Å²) in [5.74, 6) is -0.959. The maximum absolute atomic E-state index is 10.6. The average molecular weight is 385 g/mol. The number of nitrogens with zero attached hydrogens (tertiary/aromatic N) is 2. The Kier molecular flexibility index (Phi) is 7.68. The van der Waals surface area contributed by atoms with E-state index in [4.69, 9.17) is 15.6 Å². The lowest BCUT2D eigenvalue weighted by Gasteiger charge is -2.01. The largest absolute Gasteiger partial charge is 0.478 e. The molecule has 0 unspecified atom stereocenters. The molecule has 0 amide bonds. The lowest BCUT2D eigenvalue weighted by molar-refractivity contribution is 0.0697. The van der Waals surface area contributed by atoms with E-state index in [1.807, 2.05) is 38.1 Å². The molecule has 0 aliphatic heterocycles. The zero-order chi connectivity index (χ0) is 18.1. The molecular weight excluding hydrogens is 368 g/mol. The van der Waals surface area contributed by atoms with E-state index in [2.05, 4.69) is 22.0 Å². The van der Waals surface area contributed by atoms with Crippen LogP contribution in [0.3, 0.4) is 0 Å². The Hall–Kier alpha value is -2.63. The molecule has 24 heavy (non-hydrogen) atoms. The highest BCUT2D eigenvalue weighted by atomic mass is 79.9. The summed E-state index contributed by atoms with van der Waals surface area (Å²) >= 11 is 3.36. The number of carbonyl (C=O) groups is 1. The molecule has 0 aromatic heterocycles. The maximum atomic E-state index is 10.6. The van der Waals surface area contributed by atoms with Crippen LogP contribution in [0.1, 0.15) is 46.5 Å². The number of carboxylic acids is 1. The van der Waals surface area contributed by atoms with Gasteiger partial charge in [-0.05, 0) is 60.4 Å². The Morgan fingerprint density at radius 2 is 1.50 bits per heavy atom. The highest BCUT2D eigenvalue weighted by molar-refractivity contribution is 9.10. The second kappa shape index (κ2) is 9.50. The van der Waals surface area contributed by atoms with Crippen LogP contribution < -0.4 is 0 Å². The molecule has 0 heterocycles. The van der Waals surface area contributed by atoms with Gasteiger partial charge in [0.05, 0.1) is 28.8 Å². The Labute approximate surface area is 150 Å². The van der Waals surface area contributed by atoms with Crippen molar-refractivity contribution < 1.29 is 9.90 Å². The quantitative estimate of drug-likeness (QED) is 0.830. The summed E-state index contributed by atoms with van der Waals surface area (Å²) < 4.78 is 1.04. The normalized spacial score (nSPS) is 9.21. The van der Waals surface area contributed by atoms with Gasteiger partial charge < -0.3 is 5.11 Å². The maximum Gasteiger partial charge on any atom is 0.335 e. The fourth-order valence-corrected chi connectivity index (χ4v) is 2.50. The molecule has 0 radical (unpaired) electrons. The van der Waals surface area contributed by atoms with Gasteiger partial charge in [-0.2, -0.15) is 10.5 Å².